The van der Waals surface area contributed by atoms with Crippen molar-refractivity contribution in [2.24, 2.45) is 0 Å². The van der Waals surface area contributed by atoms with Crippen molar-refractivity contribution in [3.8, 4) is 17.4 Å². The SMILES string of the molecule is C[C@@H]1C[C@@H](NC(=O)c2ncc(-c3cc(F)cc(C#N)c3)o2)CN1. The average molecular weight is 314 g/mol. The molecule has 23 heavy (non-hydrogen) atoms. The number of hydrogen-bond acceptors (Lipinski definition) is 5. The summed E-state index contributed by atoms with van der Waals surface area (Å²) in [6.45, 7) is 2.75. The third-order valence-electron chi connectivity index (χ3n) is 3.70. The fraction of sp³-hybridized carbons (Fsp3) is 0.312. The van der Waals surface area contributed by atoms with E-state index in [0.717, 1.165) is 12.5 Å². The standard InChI is InChI=1S/C16H15FN4O2/c1-9-2-13(7-19-9)21-15(22)16-20-8-14(23-16)11-3-10(6-18)4-12(17)5-11/h3-5,8-9,13,19H,2,7H2,1H3,(H,21,22)/t9-,13-/m1/s1. The maximum atomic E-state index is 13.5. The fourth-order valence-corrected chi connectivity index (χ4v) is 2.60. The van der Waals surface area contributed by atoms with Gasteiger partial charge in [0.1, 0.15) is 5.82 Å². The lowest BCUT2D eigenvalue weighted by Crippen LogP contribution is -2.36. The van der Waals surface area contributed by atoms with E-state index in [-0.39, 0.29) is 23.3 Å². The lowest BCUT2D eigenvalue weighted by atomic mass is 10.1. The zero-order chi connectivity index (χ0) is 16.4. The van der Waals surface area contributed by atoms with E-state index in [1.54, 1.807) is 0 Å². The largest absolute Gasteiger partial charge is 0.432 e. The van der Waals surface area contributed by atoms with Crippen LogP contribution in [0.3, 0.4) is 0 Å². The van der Waals surface area contributed by atoms with Crippen LogP contribution in [0.25, 0.3) is 11.3 Å². The Morgan fingerprint density at radius 2 is 2.35 bits per heavy atom. The van der Waals surface area contributed by atoms with E-state index in [9.17, 15) is 9.18 Å². The van der Waals surface area contributed by atoms with Gasteiger partial charge >= 0.3 is 5.91 Å². The van der Waals surface area contributed by atoms with Gasteiger partial charge in [-0.05, 0) is 31.5 Å². The van der Waals surface area contributed by atoms with Gasteiger partial charge in [-0.2, -0.15) is 5.26 Å². The van der Waals surface area contributed by atoms with Crippen LogP contribution in [-0.4, -0.2) is 29.5 Å². The summed E-state index contributed by atoms with van der Waals surface area (Å²) in [5, 5.41) is 15.0. The first-order valence-electron chi connectivity index (χ1n) is 7.26. The minimum Gasteiger partial charge on any atom is -0.432 e. The van der Waals surface area contributed by atoms with Gasteiger partial charge in [-0.1, -0.05) is 0 Å². The molecule has 7 heteroatoms. The van der Waals surface area contributed by atoms with Gasteiger partial charge in [-0.15, -0.1) is 0 Å². The molecule has 0 aliphatic carbocycles. The van der Waals surface area contributed by atoms with Crippen molar-refractivity contribution in [2.45, 2.75) is 25.4 Å². The second kappa shape index (κ2) is 6.18. The number of halogens is 1. The van der Waals surface area contributed by atoms with Crippen molar-refractivity contribution >= 4 is 5.91 Å². The number of aromatic nitrogens is 1. The molecule has 1 aromatic carbocycles. The number of carbonyl (C=O) groups excluding carboxylic acids is 1. The Bertz CT molecular complexity index is 781. The molecule has 1 aromatic heterocycles. The van der Waals surface area contributed by atoms with Gasteiger partial charge in [0, 0.05) is 24.2 Å². The van der Waals surface area contributed by atoms with Gasteiger partial charge in [0.25, 0.3) is 5.89 Å². The summed E-state index contributed by atoms with van der Waals surface area (Å²) in [6.07, 6.45) is 2.19. The lowest BCUT2D eigenvalue weighted by Gasteiger charge is -2.09. The van der Waals surface area contributed by atoms with Gasteiger partial charge in [0.2, 0.25) is 0 Å². The van der Waals surface area contributed by atoms with Crippen molar-refractivity contribution in [2.75, 3.05) is 6.54 Å². The predicted octanol–water partition coefficient (Wildman–Crippen LogP) is 1.83. The van der Waals surface area contributed by atoms with E-state index in [2.05, 4.69) is 15.6 Å². The minimum atomic E-state index is -0.549. The monoisotopic (exact) mass is 314 g/mol. The number of amides is 1. The van der Waals surface area contributed by atoms with Crippen LogP contribution in [0.5, 0.6) is 0 Å². The summed E-state index contributed by atoms with van der Waals surface area (Å²) in [7, 11) is 0. The van der Waals surface area contributed by atoms with Gasteiger partial charge in [0.05, 0.1) is 17.8 Å². The smallest absolute Gasteiger partial charge is 0.307 e. The highest BCUT2D eigenvalue weighted by Gasteiger charge is 2.24. The molecule has 6 nitrogen and oxygen atoms in total. The van der Waals surface area contributed by atoms with Gasteiger partial charge in [0.15, 0.2) is 5.76 Å². The number of oxazole rings is 1. The number of nitrogens with zero attached hydrogens (tertiary/aromatic N) is 2. The van der Waals surface area contributed by atoms with Crippen molar-refractivity contribution in [3.05, 3.63) is 41.7 Å². The Kier molecular flexibility index (Phi) is 4.08. The van der Waals surface area contributed by atoms with Crippen LogP contribution < -0.4 is 10.6 Å². The van der Waals surface area contributed by atoms with Crippen LogP contribution in [0.4, 0.5) is 4.39 Å². The molecule has 2 atom stereocenters. The first-order chi connectivity index (χ1) is 11.0. The number of benzene rings is 1. The van der Waals surface area contributed by atoms with E-state index >= 15 is 0 Å². The Morgan fingerprint density at radius 1 is 1.52 bits per heavy atom. The van der Waals surface area contributed by atoms with Gasteiger partial charge in [-0.3, -0.25) is 4.79 Å². The highest BCUT2D eigenvalue weighted by molar-refractivity contribution is 5.90. The third kappa shape index (κ3) is 3.38. The molecule has 1 aliphatic rings. The fourth-order valence-electron chi connectivity index (χ4n) is 2.60. The molecule has 0 radical (unpaired) electrons. The van der Waals surface area contributed by atoms with Crippen LogP contribution in [0.1, 0.15) is 29.6 Å². The second-order valence-corrected chi connectivity index (χ2v) is 5.59. The zero-order valence-corrected chi connectivity index (χ0v) is 12.5. The molecular weight excluding hydrogens is 299 g/mol. The van der Waals surface area contributed by atoms with Crippen LogP contribution in [0.15, 0.2) is 28.8 Å². The van der Waals surface area contributed by atoms with Crippen molar-refractivity contribution in [3.63, 3.8) is 0 Å². The summed E-state index contributed by atoms with van der Waals surface area (Å²) >= 11 is 0. The van der Waals surface area contributed by atoms with E-state index in [0.29, 0.717) is 18.2 Å². The number of nitriles is 1. The van der Waals surface area contributed by atoms with Crippen LogP contribution >= 0.6 is 0 Å². The molecule has 2 N–H and O–H groups in total. The molecular formula is C16H15FN4O2. The first-order valence-corrected chi connectivity index (χ1v) is 7.26. The number of rotatable bonds is 3. The molecule has 1 saturated heterocycles. The highest BCUT2D eigenvalue weighted by atomic mass is 19.1. The summed E-state index contributed by atoms with van der Waals surface area (Å²) in [5.74, 6) is -0.798. The molecule has 118 valence electrons. The third-order valence-corrected chi connectivity index (χ3v) is 3.70. The van der Waals surface area contributed by atoms with Gasteiger partial charge < -0.3 is 15.1 Å². The maximum absolute atomic E-state index is 13.5. The van der Waals surface area contributed by atoms with Crippen molar-refractivity contribution in [1.82, 2.24) is 15.6 Å². The Labute approximate surface area is 132 Å². The van der Waals surface area contributed by atoms with Crippen molar-refractivity contribution in [1.29, 1.82) is 5.26 Å². The van der Waals surface area contributed by atoms with E-state index in [1.165, 1.54) is 18.3 Å². The molecule has 0 spiro atoms. The van der Waals surface area contributed by atoms with E-state index in [1.807, 2.05) is 13.0 Å². The zero-order valence-electron chi connectivity index (χ0n) is 12.5. The normalized spacial score (nSPS) is 20.2. The Balaban J connectivity index is 1.76. The first kappa shape index (κ1) is 15.2. The Morgan fingerprint density at radius 3 is 3.04 bits per heavy atom. The molecule has 3 rings (SSSR count). The van der Waals surface area contributed by atoms with E-state index in [4.69, 9.17) is 9.68 Å². The highest BCUT2D eigenvalue weighted by Crippen LogP contribution is 2.23. The molecule has 0 saturated carbocycles. The summed E-state index contributed by atoms with van der Waals surface area (Å²) in [4.78, 5) is 16.1. The molecule has 1 amide bonds. The summed E-state index contributed by atoms with van der Waals surface area (Å²) in [5.41, 5.74) is 0.540. The lowest BCUT2D eigenvalue weighted by molar-refractivity contribution is 0.0905. The number of nitrogens with one attached hydrogen (secondary N) is 2. The second-order valence-electron chi connectivity index (χ2n) is 5.59. The quantitative estimate of drug-likeness (QED) is 0.902. The summed E-state index contributed by atoms with van der Waals surface area (Å²) in [6, 6.07) is 6.10. The molecule has 2 heterocycles. The molecule has 0 bridgehead atoms. The molecule has 0 unspecified atom stereocenters. The number of carbonyl (C=O) groups is 1. The summed E-state index contributed by atoms with van der Waals surface area (Å²) < 4.78 is 18.9. The van der Waals surface area contributed by atoms with Crippen molar-refractivity contribution < 1.29 is 13.6 Å². The molecule has 1 fully saturated rings. The van der Waals surface area contributed by atoms with Crippen LogP contribution in [0, 0.1) is 17.1 Å². The number of hydrogen-bond donors (Lipinski definition) is 2. The van der Waals surface area contributed by atoms with Gasteiger partial charge in [-0.25, -0.2) is 9.37 Å². The molecule has 1 aliphatic heterocycles. The maximum Gasteiger partial charge on any atom is 0.307 e. The minimum absolute atomic E-state index is 0.0345. The average Bonchev–Trinajstić information content (AvgIpc) is 3.16. The van der Waals surface area contributed by atoms with Crippen LogP contribution in [-0.2, 0) is 0 Å². The Hall–Kier alpha value is -2.72. The topological polar surface area (TPSA) is 91.0 Å². The predicted molar refractivity (Wildman–Crippen MR) is 79.9 cm³/mol. The molecule has 2 aromatic rings. The van der Waals surface area contributed by atoms with Crippen LogP contribution in [0.2, 0.25) is 0 Å². The van der Waals surface area contributed by atoms with E-state index < -0.39 is 11.7 Å².